The molecule has 1 heterocycles. The van der Waals surface area contributed by atoms with E-state index in [-0.39, 0.29) is 16.5 Å². The van der Waals surface area contributed by atoms with Crippen LogP contribution in [0.5, 0.6) is 0 Å². The van der Waals surface area contributed by atoms with E-state index in [1.54, 1.807) is 0 Å². The maximum Gasteiger partial charge on any atom is 0.451 e. The van der Waals surface area contributed by atoms with Gasteiger partial charge in [0.05, 0.1) is 11.9 Å². The van der Waals surface area contributed by atoms with Crippen LogP contribution in [-0.4, -0.2) is 16.1 Å². The molecule has 1 aromatic carbocycles. The number of aromatic nitrogens is 2. The molecule has 0 aliphatic carbocycles. The largest absolute Gasteiger partial charge is 0.451 e. The Hall–Kier alpha value is -1.57. The van der Waals surface area contributed by atoms with Crippen molar-refractivity contribution >= 4 is 22.5 Å². The Bertz CT molecular complexity index is 650. The molecule has 0 saturated heterocycles. The van der Waals surface area contributed by atoms with E-state index in [0.717, 1.165) is 12.1 Å². The maximum absolute atomic E-state index is 12.5. The zero-order valence-electron chi connectivity index (χ0n) is 9.48. The van der Waals surface area contributed by atoms with Crippen LogP contribution in [0, 0.1) is 0 Å². The van der Waals surface area contributed by atoms with Gasteiger partial charge >= 0.3 is 12.4 Å². The van der Waals surface area contributed by atoms with Gasteiger partial charge < -0.3 is 0 Å². The normalized spacial score (nSPS) is 12.9. The lowest BCUT2D eigenvalue weighted by atomic mass is 10.1. The van der Waals surface area contributed by atoms with Gasteiger partial charge in [-0.05, 0) is 17.7 Å². The maximum atomic E-state index is 12.5. The average Bonchev–Trinajstić information content (AvgIpc) is 2.24. The molecule has 1 aromatic heterocycles. The Balaban J connectivity index is 2.55. The Labute approximate surface area is 113 Å². The summed E-state index contributed by atoms with van der Waals surface area (Å²) in [7, 11) is 0. The Morgan fingerprint density at radius 1 is 1.00 bits per heavy atom. The topological polar surface area (TPSA) is 25.8 Å². The number of halogens is 7. The number of rotatable bonds is 1. The summed E-state index contributed by atoms with van der Waals surface area (Å²) < 4.78 is 74.3. The minimum Gasteiger partial charge on any atom is -0.224 e. The average molecular weight is 315 g/mol. The molecule has 0 spiro atoms. The fourth-order valence-electron chi connectivity index (χ4n) is 1.60. The SMILES string of the molecule is FC(F)(F)Cc1ccc2c(Cl)nc(C(F)(F)F)nc2c1. The van der Waals surface area contributed by atoms with Crippen molar-refractivity contribution < 1.29 is 26.3 Å². The van der Waals surface area contributed by atoms with E-state index in [9.17, 15) is 26.3 Å². The molecule has 0 N–H and O–H groups in total. The minimum atomic E-state index is -4.82. The third kappa shape index (κ3) is 3.30. The highest BCUT2D eigenvalue weighted by Crippen LogP contribution is 2.31. The Kier molecular flexibility index (Phi) is 3.53. The van der Waals surface area contributed by atoms with Crippen molar-refractivity contribution in [2.75, 3.05) is 0 Å². The van der Waals surface area contributed by atoms with Gasteiger partial charge in [0.1, 0.15) is 5.15 Å². The molecule has 2 aromatic rings. The lowest BCUT2D eigenvalue weighted by molar-refractivity contribution is -0.144. The fourth-order valence-corrected chi connectivity index (χ4v) is 1.84. The van der Waals surface area contributed by atoms with Crippen molar-refractivity contribution in [1.82, 2.24) is 9.97 Å². The van der Waals surface area contributed by atoms with Crippen molar-refractivity contribution in [3.63, 3.8) is 0 Å². The van der Waals surface area contributed by atoms with E-state index >= 15 is 0 Å². The number of nitrogens with zero attached hydrogens (tertiary/aromatic N) is 2. The summed E-state index contributed by atoms with van der Waals surface area (Å²) >= 11 is 5.58. The molecule has 0 atom stereocenters. The molecule has 0 aliphatic heterocycles. The second-order valence-corrected chi connectivity index (χ2v) is 4.34. The highest BCUT2D eigenvalue weighted by molar-refractivity contribution is 6.34. The smallest absolute Gasteiger partial charge is 0.224 e. The van der Waals surface area contributed by atoms with Crippen molar-refractivity contribution in [2.24, 2.45) is 0 Å². The van der Waals surface area contributed by atoms with E-state index in [0.29, 0.717) is 0 Å². The van der Waals surface area contributed by atoms with Crippen molar-refractivity contribution in [2.45, 2.75) is 18.8 Å². The second kappa shape index (κ2) is 4.76. The third-order valence-corrected chi connectivity index (χ3v) is 2.66. The van der Waals surface area contributed by atoms with E-state index in [4.69, 9.17) is 11.6 Å². The van der Waals surface area contributed by atoms with Crippen molar-refractivity contribution in [1.29, 1.82) is 0 Å². The summed E-state index contributed by atoms with van der Waals surface area (Å²) in [4.78, 5) is 6.29. The number of hydrogen-bond donors (Lipinski definition) is 0. The van der Waals surface area contributed by atoms with E-state index in [1.165, 1.54) is 6.07 Å². The van der Waals surface area contributed by atoms with Gasteiger partial charge in [-0.1, -0.05) is 17.7 Å². The van der Waals surface area contributed by atoms with Crippen LogP contribution >= 0.6 is 11.6 Å². The van der Waals surface area contributed by atoms with Crippen molar-refractivity contribution in [3.8, 4) is 0 Å². The molecular formula is C11H5ClF6N2. The van der Waals surface area contributed by atoms with Crippen LogP contribution in [0.15, 0.2) is 18.2 Å². The fraction of sp³-hybridized carbons (Fsp3) is 0.273. The number of fused-ring (bicyclic) bond motifs is 1. The molecule has 2 nitrogen and oxygen atoms in total. The molecule has 0 fully saturated rings. The summed E-state index contributed by atoms with van der Waals surface area (Å²) in [6, 6.07) is 3.21. The van der Waals surface area contributed by atoms with Crippen LogP contribution in [-0.2, 0) is 12.6 Å². The first-order valence-corrected chi connectivity index (χ1v) is 5.54. The molecule has 0 saturated carbocycles. The Morgan fingerprint density at radius 2 is 1.65 bits per heavy atom. The second-order valence-electron chi connectivity index (χ2n) is 3.98. The zero-order chi connectivity index (χ0) is 15.1. The number of hydrogen-bond acceptors (Lipinski definition) is 2. The lowest BCUT2D eigenvalue weighted by Crippen LogP contribution is -2.13. The highest BCUT2D eigenvalue weighted by atomic mass is 35.5. The quantitative estimate of drug-likeness (QED) is 0.575. The summed E-state index contributed by atoms with van der Waals surface area (Å²) in [5.41, 5.74) is -0.480. The predicted octanol–water partition coefficient (Wildman–Crippen LogP) is 4.41. The molecule has 0 aliphatic rings. The molecule has 0 bridgehead atoms. The molecule has 0 amide bonds. The van der Waals surface area contributed by atoms with Crippen LogP contribution in [0.4, 0.5) is 26.3 Å². The molecule has 9 heteroatoms. The lowest BCUT2D eigenvalue weighted by Gasteiger charge is -2.10. The van der Waals surface area contributed by atoms with Gasteiger partial charge in [0, 0.05) is 5.39 Å². The predicted molar refractivity (Wildman–Crippen MR) is 59.3 cm³/mol. The summed E-state index contributed by atoms with van der Waals surface area (Å²) in [6.07, 6.45) is -10.5. The molecule has 0 unspecified atom stereocenters. The van der Waals surface area contributed by atoms with Gasteiger partial charge in [-0.25, -0.2) is 9.97 Å². The summed E-state index contributed by atoms with van der Waals surface area (Å²) in [5, 5.41) is -0.397. The van der Waals surface area contributed by atoms with E-state index in [1.807, 2.05) is 0 Å². The molecule has 0 radical (unpaired) electrons. The molecule has 2 rings (SSSR count). The van der Waals surface area contributed by atoms with Gasteiger partial charge in [-0.15, -0.1) is 0 Å². The first-order valence-electron chi connectivity index (χ1n) is 5.16. The third-order valence-electron chi connectivity index (χ3n) is 2.37. The standard InChI is InChI=1S/C11H5ClF6N2/c12-8-6-2-1-5(4-10(13,14)15)3-7(6)19-9(20-8)11(16,17)18/h1-3H,4H2. The molecule has 108 valence electrons. The van der Waals surface area contributed by atoms with Crippen molar-refractivity contribution in [3.05, 3.63) is 34.7 Å². The van der Waals surface area contributed by atoms with Gasteiger partial charge in [0.15, 0.2) is 0 Å². The molecular weight excluding hydrogens is 310 g/mol. The van der Waals surface area contributed by atoms with Crippen LogP contribution < -0.4 is 0 Å². The molecule has 20 heavy (non-hydrogen) atoms. The van der Waals surface area contributed by atoms with Crippen LogP contribution in [0.25, 0.3) is 10.9 Å². The van der Waals surface area contributed by atoms with Crippen LogP contribution in [0.2, 0.25) is 5.15 Å². The Morgan fingerprint density at radius 3 is 2.20 bits per heavy atom. The summed E-state index contributed by atoms with van der Waals surface area (Å²) in [5.74, 6) is -1.49. The van der Waals surface area contributed by atoms with E-state index < -0.39 is 29.8 Å². The summed E-state index contributed by atoms with van der Waals surface area (Å²) in [6.45, 7) is 0. The van der Waals surface area contributed by atoms with Gasteiger partial charge in [0.2, 0.25) is 5.82 Å². The highest BCUT2D eigenvalue weighted by Gasteiger charge is 2.35. The monoisotopic (exact) mass is 314 g/mol. The minimum absolute atomic E-state index is 0.0607. The van der Waals surface area contributed by atoms with Crippen LogP contribution in [0.3, 0.4) is 0 Å². The zero-order valence-corrected chi connectivity index (χ0v) is 10.2. The van der Waals surface area contributed by atoms with Gasteiger partial charge in [-0.3, -0.25) is 0 Å². The van der Waals surface area contributed by atoms with Crippen LogP contribution in [0.1, 0.15) is 11.4 Å². The first kappa shape index (κ1) is 14.8. The van der Waals surface area contributed by atoms with Gasteiger partial charge in [-0.2, -0.15) is 26.3 Å². The first-order chi connectivity index (χ1) is 9.06. The number of alkyl halides is 6. The van der Waals surface area contributed by atoms with Gasteiger partial charge in [0.25, 0.3) is 0 Å². The number of benzene rings is 1. The van der Waals surface area contributed by atoms with E-state index in [2.05, 4.69) is 9.97 Å².